The van der Waals surface area contributed by atoms with Crippen molar-refractivity contribution in [2.75, 3.05) is 0 Å². The van der Waals surface area contributed by atoms with Gasteiger partial charge in [-0.25, -0.2) is 0 Å². The number of unbranched alkanes of at least 4 members (excludes halogenated alkanes) is 1. The van der Waals surface area contributed by atoms with Crippen molar-refractivity contribution in [3.05, 3.63) is 29.8 Å². The molecule has 0 heterocycles. The number of hydrogen-bond acceptors (Lipinski definition) is 2. The maximum Gasteiger partial charge on any atom is 0.119 e. The van der Waals surface area contributed by atoms with Crippen LogP contribution in [0.4, 0.5) is 0 Å². The van der Waals surface area contributed by atoms with Gasteiger partial charge in [-0.15, -0.1) is 0 Å². The van der Waals surface area contributed by atoms with Crippen LogP contribution < -0.4 is 4.74 Å². The van der Waals surface area contributed by atoms with E-state index in [9.17, 15) is 5.11 Å². The van der Waals surface area contributed by atoms with Gasteiger partial charge in [0.15, 0.2) is 0 Å². The number of aliphatic hydroxyl groups is 1. The molecule has 108 valence electrons. The lowest BCUT2D eigenvalue weighted by Gasteiger charge is -2.23. The Kier molecular flexibility index (Phi) is 6.36. The quantitative estimate of drug-likeness (QED) is 0.756. The Labute approximate surface area is 117 Å². The molecule has 0 spiro atoms. The van der Waals surface area contributed by atoms with Gasteiger partial charge < -0.3 is 9.84 Å². The summed E-state index contributed by atoms with van der Waals surface area (Å²) in [6.07, 6.45) is 5.06. The van der Waals surface area contributed by atoms with Gasteiger partial charge in [-0.05, 0) is 57.7 Å². The second-order valence-corrected chi connectivity index (χ2v) is 5.91. The van der Waals surface area contributed by atoms with Gasteiger partial charge in [0.05, 0.1) is 11.7 Å². The summed E-state index contributed by atoms with van der Waals surface area (Å²) in [6.45, 7) is 8.15. The minimum absolute atomic E-state index is 0.209. The van der Waals surface area contributed by atoms with Gasteiger partial charge in [-0.3, -0.25) is 0 Å². The maximum atomic E-state index is 10.3. The first-order valence-corrected chi connectivity index (χ1v) is 7.41. The fourth-order valence-electron chi connectivity index (χ4n) is 2.10. The van der Waals surface area contributed by atoms with Gasteiger partial charge in [0.25, 0.3) is 0 Å². The summed E-state index contributed by atoms with van der Waals surface area (Å²) in [7, 11) is 0. The standard InChI is InChI=1S/C17H28O2/c1-5-6-12-17(4,18)13-11-15-7-9-16(10-8-15)19-14(2)3/h7-10,14,18H,5-6,11-13H2,1-4H3. The molecule has 19 heavy (non-hydrogen) atoms. The van der Waals surface area contributed by atoms with E-state index in [1.807, 2.05) is 32.9 Å². The number of ether oxygens (including phenoxy) is 1. The average molecular weight is 264 g/mol. The first-order valence-electron chi connectivity index (χ1n) is 7.41. The Hall–Kier alpha value is -1.02. The zero-order valence-corrected chi connectivity index (χ0v) is 12.8. The van der Waals surface area contributed by atoms with Crippen LogP contribution in [0.5, 0.6) is 5.75 Å². The van der Waals surface area contributed by atoms with E-state index < -0.39 is 5.60 Å². The lowest BCUT2D eigenvalue weighted by molar-refractivity contribution is 0.0401. The van der Waals surface area contributed by atoms with Gasteiger partial charge in [-0.2, -0.15) is 0 Å². The number of benzene rings is 1. The van der Waals surface area contributed by atoms with Gasteiger partial charge in [0.1, 0.15) is 5.75 Å². The summed E-state index contributed by atoms with van der Waals surface area (Å²) in [5.41, 5.74) is 0.719. The number of aryl methyl sites for hydroxylation is 1. The molecular formula is C17H28O2. The zero-order chi connectivity index (χ0) is 14.3. The van der Waals surface area contributed by atoms with Crippen LogP contribution in [-0.4, -0.2) is 16.8 Å². The fraction of sp³-hybridized carbons (Fsp3) is 0.647. The lowest BCUT2D eigenvalue weighted by atomic mass is 9.92. The van der Waals surface area contributed by atoms with Crippen LogP contribution in [0, 0.1) is 0 Å². The highest BCUT2D eigenvalue weighted by Crippen LogP contribution is 2.21. The molecule has 0 radical (unpaired) electrons. The number of hydrogen-bond donors (Lipinski definition) is 1. The summed E-state index contributed by atoms with van der Waals surface area (Å²) in [6, 6.07) is 8.20. The van der Waals surface area contributed by atoms with Gasteiger partial charge in [0, 0.05) is 0 Å². The molecule has 0 fully saturated rings. The SMILES string of the molecule is CCCCC(C)(O)CCc1ccc(OC(C)C)cc1. The van der Waals surface area contributed by atoms with E-state index in [1.54, 1.807) is 0 Å². The second-order valence-electron chi connectivity index (χ2n) is 5.91. The van der Waals surface area contributed by atoms with Crippen molar-refractivity contribution in [1.82, 2.24) is 0 Å². The van der Waals surface area contributed by atoms with Crippen molar-refractivity contribution in [2.45, 2.75) is 71.5 Å². The first-order chi connectivity index (χ1) is 8.93. The van der Waals surface area contributed by atoms with Crippen molar-refractivity contribution in [3.63, 3.8) is 0 Å². The van der Waals surface area contributed by atoms with Crippen molar-refractivity contribution < 1.29 is 9.84 Å². The molecule has 0 aliphatic heterocycles. The highest BCUT2D eigenvalue weighted by molar-refractivity contribution is 5.27. The molecule has 1 unspecified atom stereocenters. The van der Waals surface area contributed by atoms with E-state index in [4.69, 9.17) is 4.74 Å². The molecule has 0 bridgehead atoms. The third-order valence-corrected chi connectivity index (χ3v) is 3.32. The van der Waals surface area contributed by atoms with E-state index in [0.717, 1.165) is 37.9 Å². The van der Waals surface area contributed by atoms with Crippen molar-refractivity contribution in [2.24, 2.45) is 0 Å². The molecule has 0 aliphatic carbocycles. The molecule has 0 amide bonds. The summed E-state index contributed by atoms with van der Waals surface area (Å²) in [4.78, 5) is 0. The molecule has 2 nitrogen and oxygen atoms in total. The third-order valence-electron chi connectivity index (χ3n) is 3.32. The second kappa shape index (κ2) is 7.54. The Morgan fingerprint density at radius 3 is 2.32 bits per heavy atom. The molecule has 0 aliphatic rings. The normalized spacial score (nSPS) is 14.4. The van der Waals surface area contributed by atoms with Crippen LogP contribution in [0.15, 0.2) is 24.3 Å². The minimum Gasteiger partial charge on any atom is -0.491 e. The van der Waals surface area contributed by atoms with Crippen LogP contribution in [0.3, 0.4) is 0 Å². The first kappa shape index (κ1) is 16.0. The van der Waals surface area contributed by atoms with Gasteiger partial charge in [-0.1, -0.05) is 31.9 Å². The fourth-order valence-corrected chi connectivity index (χ4v) is 2.10. The Morgan fingerprint density at radius 1 is 1.16 bits per heavy atom. The molecule has 0 saturated carbocycles. The predicted octanol–water partition coefficient (Wildman–Crippen LogP) is 4.35. The predicted molar refractivity (Wildman–Crippen MR) is 80.7 cm³/mol. The Balaban J connectivity index is 2.45. The monoisotopic (exact) mass is 264 g/mol. The molecular weight excluding hydrogens is 236 g/mol. The summed E-state index contributed by atoms with van der Waals surface area (Å²) < 4.78 is 5.62. The van der Waals surface area contributed by atoms with E-state index in [0.29, 0.717) is 0 Å². The summed E-state index contributed by atoms with van der Waals surface area (Å²) in [5, 5.41) is 10.3. The molecule has 1 aromatic carbocycles. The molecule has 0 saturated heterocycles. The Bertz CT molecular complexity index is 352. The van der Waals surface area contributed by atoms with Gasteiger partial charge in [0.2, 0.25) is 0 Å². The third kappa shape index (κ3) is 6.63. The smallest absolute Gasteiger partial charge is 0.119 e. The van der Waals surface area contributed by atoms with Crippen molar-refractivity contribution >= 4 is 0 Å². The van der Waals surface area contributed by atoms with Crippen molar-refractivity contribution in [3.8, 4) is 5.75 Å². The van der Waals surface area contributed by atoms with Crippen LogP contribution in [-0.2, 0) is 6.42 Å². The molecule has 1 aromatic rings. The van der Waals surface area contributed by atoms with Crippen molar-refractivity contribution in [1.29, 1.82) is 0 Å². The van der Waals surface area contributed by atoms with Crippen LogP contribution in [0.2, 0.25) is 0 Å². The molecule has 0 aromatic heterocycles. The largest absolute Gasteiger partial charge is 0.491 e. The van der Waals surface area contributed by atoms with E-state index in [2.05, 4.69) is 19.1 Å². The number of rotatable bonds is 8. The Morgan fingerprint density at radius 2 is 1.79 bits per heavy atom. The molecule has 2 heteroatoms. The van der Waals surface area contributed by atoms with Crippen LogP contribution >= 0.6 is 0 Å². The highest BCUT2D eigenvalue weighted by Gasteiger charge is 2.18. The van der Waals surface area contributed by atoms with Crippen LogP contribution in [0.25, 0.3) is 0 Å². The molecule has 1 N–H and O–H groups in total. The van der Waals surface area contributed by atoms with E-state index in [1.165, 1.54) is 5.56 Å². The topological polar surface area (TPSA) is 29.5 Å². The lowest BCUT2D eigenvalue weighted by Crippen LogP contribution is -2.24. The molecule has 1 atom stereocenters. The van der Waals surface area contributed by atoms with Gasteiger partial charge >= 0.3 is 0 Å². The maximum absolute atomic E-state index is 10.3. The molecule has 1 rings (SSSR count). The van der Waals surface area contributed by atoms with E-state index >= 15 is 0 Å². The summed E-state index contributed by atoms with van der Waals surface area (Å²) in [5.74, 6) is 0.913. The highest BCUT2D eigenvalue weighted by atomic mass is 16.5. The average Bonchev–Trinajstić information content (AvgIpc) is 2.35. The summed E-state index contributed by atoms with van der Waals surface area (Å²) >= 11 is 0. The van der Waals surface area contributed by atoms with Crippen LogP contribution in [0.1, 0.15) is 58.9 Å². The van der Waals surface area contributed by atoms with E-state index in [-0.39, 0.29) is 6.10 Å². The zero-order valence-electron chi connectivity index (χ0n) is 12.8. The minimum atomic E-state index is -0.539.